The summed E-state index contributed by atoms with van der Waals surface area (Å²) in [6.45, 7) is 0. The van der Waals surface area contributed by atoms with Crippen LogP contribution in [0.3, 0.4) is 0 Å². The molecular formula is C23H20Cl2FNO3. The highest BCUT2D eigenvalue weighted by Gasteiger charge is 2.20. The molecule has 7 heteroatoms. The largest absolute Gasteiger partial charge is 0.493 e. The minimum Gasteiger partial charge on any atom is -0.493 e. The third-order valence-electron chi connectivity index (χ3n) is 4.63. The predicted octanol–water partition coefficient (Wildman–Crippen LogP) is 6.58. The van der Waals surface area contributed by atoms with Crippen LogP contribution in [-0.2, 0) is 0 Å². The summed E-state index contributed by atoms with van der Waals surface area (Å²) in [5.41, 5.74) is 1.94. The summed E-state index contributed by atoms with van der Waals surface area (Å²) in [6.07, 6.45) is 0.130. The van der Waals surface area contributed by atoms with Gasteiger partial charge in [-0.3, -0.25) is 4.79 Å². The van der Waals surface area contributed by atoms with E-state index < -0.39 is 6.04 Å². The van der Waals surface area contributed by atoms with Gasteiger partial charge in [0.1, 0.15) is 5.82 Å². The maximum absolute atomic E-state index is 13.3. The fraction of sp³-hybridized carbons (Fsp3) is 0.174. The number of ether oxygens (including phenoxy) is 2. The van der Waals surface area contributed by atoms with Crippen molar-refractivity contribution >= 4 is 34.7 Å². The van der Waals surface area contributed by atoms with Gasteiger partial charge < -0.3 is 14.8 Å². The van der Waals surface area contributed by atoms with Crippen molar-refractivity contribution in [2.24, 2.45) is 0 Å². The van der Waals surface area contributed by atoms with Crippen LogP contribution in [0.1, 0.15) is 28.4 Å². The Morgan fingerprint density at radius 2 is 1.63 bits per heavy atom. The zero-order chi connectivity index (χ0) is 21.7. The summed E-state index contributed by atoms with van der Waals surface area (Å²) in [5, 5.41) is 4.09. The maximum atomic E-state index is 13.3. The Balaban J connectivity index is 1.90. The quantitative estimate of drug-likeness (QED) is 0.396. The molecule has 1 unspecified atom stereocenters. The summed E-state index contributed by atoms with van der Waals surface area (Å²) >= 11 is 12.2. The van der Waals surface area contributed by atoms with Crippen LogP contribution in [0.2, 0.25) is 10.0 Å². The molecule has 3 rings (SSSR count). The molecule has 0 bridgehead atoms. The van der Waals surface area contributed by atoms with Crippen LogP contribution in [0.15, 0.2) is 60.7 Å². The van der Waals surface area contributed by atoms with Crippen LogP contribution >= 0.6 is 23.2 Å². The summed E-state index contributed by atoms with van der Waals surface area (Å²) in [4.78, 5) is 13.0. The average Bonchev–Trinajstić information content (AvgIpc) is 2.76. The molecule has 0 aliphatic heterocycles. The molecule has 0 saturated heterocycles. The van der Waals surface area contributed by atoms with Gasteiger partial charge in [-0.1, -0.05) is 29.3 Å². The summed E-state index contributed by atoms with van der Waals surface area (Å²) in [5.74, 6) is 0.565. The molecule has 0 radical (unpaired) electrons. The summed E-state index contributed by atoms with van der Waals surface area (Å²) in [6, 6.07) is 15.7. The van der Waals surface area contributed by atoms with E-state index in [0.29, 0.717) is 32.8 Å². The Morgan fingerprint density at radius 1 is 0.933 bits per heavy atom. The van der Waals surface area contributed by atoms with E-state index in [0.717, 1.165) is 5.56 Å². The standard InChI is InChI=1S/C23H20Cl2FNO3/c1-29-22-10-4-15(12-23(22)30-2)21(28)13-20(14-3-9-18(24)19(25)11-14)27-17-7-5-16(26)6-8-17/h3-12,20,27H,13H2,1-2H3. The fourth-order valence-electron chi connectivity index (χ4n) is 3.04. The molecule has 0 fully saturated rings. The number of carbonyl (C=O) groups is 1. The highest BCUT2D eigenvalue weighted by Crippen LogP contribution is 2.32. The lowest BCUT2D eigenvalue weighted by Crippen LogP contribution is -2.16. The number of halogens is 3. The van der Waals surface area contributed by atoms with Crippen LogP contribution < -0.4 is 14.8 Å². The Labute approximate surface area is 184 Å². The molecule has 0 saturated carbocycles. The molecule has 1 atom stereocenters. The number of hydrogen-bond acceptors (Lipinski definition) is 4. The molecule has 0 amide bonds. The molecule has 156 valence electrons. The monoisotopic (exact) mass is 447 g/mol. The second kappa shape index (κ2) is 9.83. The number of methoxy groups -OCH3 is 2. The molecule has 3 aromatic carbocycles. The third-order valence-corrected chi connectivity index (χ3v) is 5.37. The number of rotatable bonds is 8. The lowest BCUT2D eigenvalue weighted by molar-refractivity contribution is 0.0976. The van der Waals surface area contributed by atoms with E-state index in [1.807, 2.05) is 0 Å². The summed E-state index contributed by atoms with van der Waals surface area (Å²) < 4.78 is 23.8. The lowest BCUT2D eigenvalue weighted by Gasteiger charge is -2.21. The zero-order valence-corrected chi connectivity index (χ0v) is 17.9. The third kappa shape index (κ3) is 5.23. The Hall–Kier alpha value is -2.76. The molecule has 1 N–H and O–H groups in total. The smallest absolute Gasteiger partial charge is 0.165 e. The molecule has 0 spiro atoms. The molecule has 0 aliphatic rings. The van der Waals surface area contributed by atoms with Crippen molar-refractivity contribution < 1.29 is 18.7 Å². The van der Waals surface area contributed by atoms with E-state index in [2.05, 4.69) is 5.32 Å². The first-order chi connectivity index (χ1) is 14.4. The second-order valence-electron chi connectivity index (χ2n) is 6.57. The van der Waals surface area contributed by atoms with E-state index in [1.165, 1.54) is 26.4 Å². The van der Waals surface area contributed by atoms with Crippen molar-refractivity contribution in [1.29, 1.82) is 0 Å². The van der Waals surface area contributed by atoms with Crippen molar-refractivity contribution in [3.05, 3.63) is 87.7 Å². The number of ketones is 1. The van der Waals surface area contributed by atoms with Gasteiger partial charge >= 0.3 is 0 Å². The van der Waals surface area contributed by atoms with Gasteiger partial charge in [0.2, 0.25) is 0 Å². The van der Waals surface area contributed by atoms with E-state index in [9.17, 15) is 9.18 Å². The SMILES string of the molecule is COc1ccc(C(=O)CC(Nc2ccc(F)cc2)c2ccc(Cl)c(Cl)c2)cc1OC. The van der Waals surface area contributed by atoms with Crippen LogP contribution in [-0.4, -0.2) is 20.0 Å². The lowest BCUT2D eigenvalue weighted by atomic mass is 9.97. The van der Waals surface area contributed by atoms with Crippen molar-refractivity contribution in [1.82, 2.24) is 0 Å². The number of anilines is 1. The molecule has 30 heavy (non-hydrogen) atoms. The number of Topliss-reactive ketones (excluding diaryl/α,β-unsaturated/α-hetero) is 1. The Morgan fingerprint density at radius 3 is 2.27 bits per heavy atom. The zero-order valence-electron chi connectivity index (χ0n) is 16.4. The van der Waals surface area contributed by atoms with Gasteiger partial charge in [0.15, 0.2) is 17.3 Å². The van der Waals surface area contributed by atoms with E-state index in [4.69, 9.17) is 32.7 Å². The normalized spacial score (nSPS) is 11.6. The first kappa shape index (κ1) is 21.9. The maximum Gasteiger partial charge on any atom is 0.165 e. The topological polar surface area (TPSA) is 47.6 Å². The van der Waals surface area contributed by atoms with Crippen molar-refractivity contribution in [3.63, 3.8) is 0 Å². The number of hydrogen-bond donors (Lipinski definition) is 1. The Kier molecular flexibility index (Phi) is 7.19. The van der Waals surface area contributed by atoms with Crippen molar-refractivity contribution in [2.45, 2.75) is 12.5 Å². The molecule has 4 nitrogen and oxygen atoms in total. The molecule has 0 aliphatic carbocycles. The van der Waals surface area contributed by atoms with E-state index in [-0.39, 0.29) is 18.0 Å². The van der Waals surface area contributed by atoms with Gasteiger partial charge in [-0.25, -0.2) is 4.39 Å². The van der Waals surface area contributed by atoms with Crippen LogP contribution in [0, 0.1) is 5.82 Å². The highest BCUT2D eigenvalue weighted by atomic mass is 35.5. The average molecular weight is 448 g/mol. The number of benzene rings is 3. The second-order valence-corrected chi connectivity index (χ2v) is 7.39. The first-order valence-electron chi connectivity index (χ1n) is 9.13. The molecule has 3 aromatic rings. The van der Waals surface area contributed by atoms with E-state index in [1.54, 1.807) is 48.5 Å². The van der Waals surface area contributed by atoms with Crippen molar-refractivity contribution in [3.8, 4) is 11.5 Å². The number of carbonyl (C=O) groups excluding carboxylic acids is 1. The predicted molar refractivity (Wildman–Crippen MR) is 118 cm³/mol. The van der Waals surface area contributed by atoms with Gasteiger partial charge in [-0.05, 0) is 60.2 Å². The van der Waals surface area contributed by atoms with Gasteiger partial charge in [0, 0.05) is 17.7 Å². The van der Waals surface area contributed by atoms with Gasteiger partial charge in [-0.2, -0.15) is 0 Å². The molecule has 0 heterocycles. The summed E-state index contributed by atoms with van der Waals surface area (Å²) in [7, 11) is 3.05. The number of nitrogens with one attached hydrogen (secondary N) is 1. The van der Waals surface area contributed by atoms with E-state index >= 15 is 0 Å². The minimum absolute atomic E-state index is 0.110. The Bertz CT molecular complexity index is 1040. The highest BCUT2D eigenvalue weighted by molar-refractivity contribution is 6.42. The van der Waals surface area contributed by atoms with Crippen molar-refractivity contribution in [2.75, 3.05) is 19.5 Å². The van der Waals surface area contributed by atoms with Crippen LogP contribution in [0.4, 0.5) is 10.1 Å². The van der Waals surface area contributed by atoms with Crippen LogP contribution in [0.25, 0.3) is 0 Å². The molecule has 0 aromatic heterocycles. The van der Waals surface area contributed by atoms with Gasteiger partial charge in [0.05, 0.1) is 30.3 Å². The van der Waals surface area contributed by atoms with Crippen LogP contribution in [0.5, 0.6) is 11.5 Å². The molecular weight excluding hydrogens is 428 g/mol. The fourth-order valence-corrected chi connectivity index (χ4v) is 3.35. The van der Waals surface area contributed by atoms with Gasteiger partial charge in [-0.15, -0.1) is 0 Å². The first-order valence-corrected chi connectivity index (χ1v) is 9.89. The minimum atomic E-state index is -0.411. The van der Waals surface area contributed by atoms with Gasteiger partial charge in [0.25, 0.3) is 0 Å².